The number of amides is 1. The van der Waals surface area contributed by atoms with Crippen LogP contribution in [0.4, 0.5) is 10.1 Å². The number of ether oxygens (including phenoxy) is 1. The minimum Gasteiger partial charge on any atom is -0.494 e. The average molecular weight is 266 g/mol. The molecule has 2 rings (SSSR count). The van der Waals surface area contributed by atoms with Gasteiger partial charge in [-0.25, -0.2) is 4.39 Å². The molecule has 4 nitrogen and oxygen atoms in total. The molecule has 3 N–H and O–H groups in total. The minimum atomic E-state index is -0.452. The van der Waals surface area contributed by atoms with Gasteiger partial charge in [0.1, 0.15) is 0 Å². The van der Waals surface area contributed by atoms with Gasteiger partial charge in [-0.1, -0.05) is 12.8 Å². The smallest absolute Gasteiger partial charge is 0.226 e. The van der Waals surface area contributed by atoms with Crippen molar-refractivity contribution < 1.29 is 13.9 Å². The summed E-state index contributed by atoms with van der Waals surface area (Å²) >= 11 is 0. The molecular formula is C14H19FN2O2. The van der Waals surface area contributed by atoms with Gasteiger partial charge >= 0.3 is 0 Å². The number of carbonyl (C=O) groups excluding carboxylic acids is 1. The van der Waals surface area contributed by atoms with Crippen LogP contribution in [0.2, 0.25) is 0 Å². The summed E-state index contributed by atoms with van der Waals surface area (Å²) in [5.74, 6) is -0.481. The second-order valence-electron chi connectivity index (χ2n) is 5.14. The molecule has 0 bridgehead atoms. The topological polar surface area (TPSA) is 64.3 Å². The van der Waals surface area contributed by atoms with E-state index in [9.17, 15) is 9.18 Å². The maximum Gasteiger partial charge on any atom is 0.226 e. The number of nitrogens with one attached hydrogen (secondary N) is 1. The lowest BCUT2D eigenvalue weighted by atomic mass is 9.94. The normalized spacial score (nSPS) is 17.2. The molecular weight excluding hydrogens is 247 g/mol. The van der Waals surface area contributed by atoms with E-state index in [2.05, 4.69) is 5.32 Å². The summed E-state index contributed by atoms with van der Waals surface area (Å²) in [7, 11) is 1.39. The molecule has 0 saturated heterocycles. The van der Waals surface area contributed by atoms with Crippen molar-refractivity contribution in [2.24, 2.45) is 5.73 Å². The molecule has 19 heavy (non-hydrogen) atoms. The van der Waals surface area contributed by atoms with Crippen LogP contribution in [-0.2, 0) is 4.79 Å². The molecule has 1 aromatic carbocycles. The third-order valence-corrected chi connectivity index (χ3v) is 3.55. The molecule has 1 amide bonds. The first-order valence-electron chi connectivity index (χ1n) is 6.45. The molecule has 0 heterocycles. The molecule has 5 heteroatoms. The van der Waals surface area contributed by atoms with E-state index in [1.165, 1.54) is 25.3 Å². The Morgan fingerprint density at radius 1 is 1.47 bits per heavy atom. The minimum absolute atomic E-state index is 0.112. The van der Waals surface area contributed by atoms with E-state index in [0.29, 0.717) is 12.1 Å². The number of hydrogen-bond acceptors (Lipinski definition) is 3. The van der Waals surface area contributed by atoms with Crippen LogP contribution in [0.15, 0.2) is 18.2 Å². The van der Waals surface area contributed by atoms with Gasteiger partial charge in [-0.2, -0.15) is 0 Å². The lowest BCUT2D eigenvalue weighted by molar-refractivity contribution is -0.117. The fraction of sp³-hybridized carbons (Fsp3) is 0.500. The third-order valence-electron chi connectivity index (χ3n) is 3.55. The Balaban J connectivity index is 1.98. The average Bonchev–Trinajstić information content (AvgIpc) is 2.78. The van der Waals surface area contributed by atoms with E-state index in [0.717, 1.165) is 25.7 Å². The summed E-state index contributed by atoms with van der Waals surface area (Å²) in [5.41, 5.74) is 6.29. The van der Waals surface area contributed by atoms with E-state index in [1.807, 2.05) is 0 Å². The Kier molecular flexibility index (Phi) is 4.04. The van der Waals surface area contributed by atoms with Crippen molar-refractivity contribution in [2.45, 2.75) is 37.6 Å². The molecule has 104 valence electrons. The van der Waals surface area contributed by atoms with Gasteiger partial charge < -0.3 is 15.8 Å². The Labute approximate surface area is 112 Å². The van der Waals surface area contributed by atoms with E-state index < -0.39 is 5.82 Å². The Bertz CT molecular complexity index is 471. The Hall–Kier alpha value is -1.62. The highest BCUT2D eigenvalue weighted by Crippen LogP contribution is 2.30. The lowest BCUT2D eigenvalue weighted by Crippen LogP contribution is -2.40. The standard InChI is InChI=1S/C14H19FN2O2/c1-19-12-8-10(4-5-11(12)15)17-13(18)9-14(16)6-2-3-7-14/h4-5,8H,2-3,6-7,9,16H2,1H3,(H,17,18). The van der Waals surface area contributed by atoms with Gasteiger partial charge in [0.15, 0.2) is 11.6 Å². The number of halogens is 1. The Morgan fingerprint density at radius 2 is 2.16 bits per heavy atom. The quantitative estimate of drug-likeness (QED) is 0.879. The zero-order valence-corrected chi connectivity index (χ0v) is 11.0. The van der Waals surface area contributed by atoms with E-state index in [1.54, 1.807) is 0 Å². The SMILES string of the molecule is COc1cc(NC(=O)CC2(N)CCCC2)ccc1F. The number of methoxy groups -OCH3 is 1. The number of anilines is 1. The van der Waals surface area contributed by atoms with Crippen LogP contribution in [0.1, 0.15) is 32.1 Å². The van der Waals surface area contributed by atoms with Gasteiger partial charge in [-0.05, 0) is 25.0 Å². The highest BCUT2D eigenvalue weighted by Gasteiger charge is 2.31. The number of rotatable bonds is 4. The molecule has 0 radical (unpaired) electrons. The van der Waals surface area contributed by atoms with Crippen molar-refractivity contribution in [1.29, 1.82) is 0 Å². The summed E-state index contributed by atoms with van der Waals surface area (Å²) in [6.07, 6.45) is 4.22. The molecule has 0 atom stereocenters. The number of carbonyl (C=O) groups is 1. The van der Waals surface area contributed by atoms with Gasteiger partial charge in [0.2, 0.25) is 5.91 Å². The second kappa shape index (κ2) is 5.57. The van der Waals surface area contributed by atoms with Crippen molar-refractivity contribution in [1.82, 2.24) is 0 Å². The van der Waals surface area contributed by atoms with Crippen molar-refractivity contribution in [2.75, 3.05) is 12.4 Å². The maximum atomic E-state index is 13.2. The molecule has 0 unspecified atom stereocenters. The van der Waals surface area contributed by atoms with Gasteiger partial charge in [0.25, 0.3) is 0 Å². The number of hydrogen-bond donors (Lipinski definition) is 2. The summed E-state index contributed by atoms with van der Waals surface area (Å²) in [5, 5.41) is 2.73. The zero-order chi connectivity index (χ0) is 13.9. The number of nitrogens with two attached hydrogens (primary N) is 1. The van der Waals surface area contributed by atoms with Crippen molar-refractivity contribution >= 4 is 11.6 Å². The summed E-state index contributed by atoms with van der Waals surface area (Å²) in [4.78, 5) is 11.9. The molecule has 0 aliphatic heterocycles. The van der Waals surface area contributed by atoms with E-state index in [4.69, 9.17) is 10.5 Å². The summed E-state index contributed by atoms with van der Waals surface area (Å²) < 4.78 is 18.1. The zero-order valence-electron chi connectivity index (χ0n) is 11.0. The predicted molar refractivity (Wildman–Crippen MR) is 71.6 cm³/mol. The third kappa shape index (κ3) is 3.44. The van der Waals surface area contributed by atoms with Gasteiger partial charge in [0.05, 0.1) is 7.11 Å². The monoisotopic (exact) mass is 266 g/mol. The fourth-order valence-electron chi connectivity index (χ4n) is 2.52. The Morgan fingerprint density at radius 3 is 2.79 bits per heavy atom. The highest BCUT2D eigenvalue weighted by molar-refractivity contribution is 5.91. The largest absolute Gasteiger partial charge is 0.494 e. The van der Waals surface area contributed by atoms with Crippen LogP contribution < -0.4 is 15.8 Å². The first-order valence-corrected chi connectivity index (χ1v) is 6.45. The van der Waals surface area contributed by atoms with Crippen molar-refractivity contribution in [3.8, 4) is 5.75 Å². The van der Waals surface area contributed by atoms with E-state index in [-0.39, 0.29) is 17.2 Å². The summed E-state index contributed by atoms with van der Waals surface area (Å²) in [6.45, 7) is 0. The van der Waals surface area contributed by atoms with Crippen LogP contribution in [-0.4, -0.2) is 18.6 Å². The van der Waals surface area contributed by atoms with Crippen LogP contribution in [0.3, 0.4) is 0 Å². The molecule has 1 aliphatic carbocycles. The maximum absolute atomic E-state index is 13.2. The summed E-state index contributed by atoms with van der Waals surface area (Å²) in [6, 6.07) is 4.24. The first kappa shape index (κ1) is 13.8. The molecule has 1 aromatic rings. The fourth-order valence-corrected chi connectivity index (χ4v) is 2.52. The second-order valence-corrected chi connectivity index (χ2v) is 5.14. The van der Waals surface area contributed by atoms with Crippen LogP contribution >= 0.6 is 0 Å². The van der Waals surface area contributed by atoms with Gasteiger partial charge in [-0.3, -0.25) is 4.79 Å². The highest BCUT2D eigenvalue weighted by atomic mass is 19.1. The van der Waals surface area contributed by atoms with Crippen molar-refractivity contribution in [3.05, 3.63) is 24.0 Å². The van der Waals surface area contributed by atoms with E-state index >= 15 is 0 Å². The van der Waals surface area contributed by atoms with Crippen LogP contribution in [0, 0.1) is 5.82 Å². The predicted octanol–water partition coefficient (Wildman–Crippen LogP) is 2.43. The molecule has 1 aliphatic rings. The number of benzene rings is 1. The van der Waals surface area contributed by atoms with Crippen LogP contribution in [0.25, 0.3) is 0 Å². The lowest BCUT2D eigenvalue weighted by Gasteiger charge is -2.22. The van der Waals surface area contributed by atoms with Crippen LogP contribution in [0.5, 0.6) is 5.75 Å². The van der Waals surface area contributed by atoms with Gasteiger partial charge in [-0.15, -0.1) is 0 Å². The van der Waals surface area contributed by atoms with Gasteiger partial charge in [0, 0.05) is 23.7 Å². The molecule has 1 saturated carbocycles. The first-order chi connectivity index (χ1) is 9.02. The molecule has 1 fully saturated rings. The van der Waals surface area contributed by atoms with Crippen molar-refractivity contribution in [3.63, 3.8) is 0 Å². The molecule has 0 aromatic heterocycles. The molecule has 0 spiro atoms.